The quantitative estimate of drug-likeness (QED) is 0.684. The Morgan fingerprint density at radius 2 is 2.22 bits per heavy atom. The van der Waals surface area contributed by atoms with E-state index < -0.39 is 11.7 Å². The van der Waals surface area contributed by atoms with Crippen LogP contribution in [0.25, 0.3) is 0 Å². The summed E-state index contributed by atoms with van der Waals surface area (Å²) in [7, 11) is 0. The first kappa shape index (κ1) is 11.4. The molecule has 0 radical (unpaired) electrons. The lowest BCUT2D eigenvalue weighted by Gasteiger charge is -2.36. The number of aliphatic hydroxyl groups is 1. The number of Topliss-reactive ketones (excluding diaryl/α,β-unsaturated/α-hetero) is 1. The van der Waals surface area contributed by atoms with Gasteiger partial charge in [0.05, 0.1) is 12.2 Å². The van der Waals surface area contributed by atoms with Gasteiger partial charge in [-0.1, -0.05) is 12.1 Å². The van der Waals surface area contributed by atoms with Crippen LogP contribution >= 0.6 is 0 Å². The molecule has 2 atom stereocenters. The zero-order valence-corrected chi connectivity index (χ0v) is 10.0. The summed E-state index contributed by atoms with van der Waals surface area (Å²) in [5.74, 6) is -0.274. The third kappa shape index (κ3) is 1.43. The van der Waals surface area contributed by atoms with Crippen LogP contribution in [0.1, 0.15) is 35.4 Å². The molecule has 0 saturated carbocycles. The van der Waals surface area contributed by atoms with Crippen molar-refractivity contribution in [1.29, 1.82) is 0 Å². The van der Waals surface area contributed by atoms with Crippen molar-refractivity contribution in [1.82, 2.24) is 0 Å². The topological polar surface area (TPSA) is 66.8 Å². The van der Waals surface area contributed by atoms with Gasteiger partial charge in [0, 0.05) is 6.42 Å². The minimum absolute atomic E-state index is 0.0656. The van der Waals surface area contributed by atoms with Crippen molar-refractivity contribution in [2.24, 2.45) is 0 Å². The van der Waals surface area contributed by atoms with E-state index in [0.29, 0.717) is 12.2 Å². The summed E-state index contributed by atoms with van der Waals surface area (Å²) in [6, 6.07) is 4.73. The molecule has 18 heavy (non-hydrogen) atoms. The van der Waals surface area contributed by atoms with Crippen molar-refractivity contribution >= 4 is 5.78 Å². The summed E-state index contributed by atoms with van der Waals surface area (Å²) in [4.78, 5) is 12.1. The van der Waals surface area contributed by atoms with Gasteiger partial charge in [-0.05, 0) is 30.2 Å². The Kier molecular flexibility index (Phi) is 2.33. The molecule has 94 valence electrons. The van der Waals surface area contributed by atoms with E-state index in [1.807, 2.05) is 13.0 Å². The van der Waals surface area contributed by atoms with E-state index in [1.54, 1.807) is 12.1 Å². The van der Waals surface area contributed by atoms with Gasteiger partial charge in [0.15, 0.2) is 5.78 Å². The summed E-state index contributed by atoms with van der Waals surface area (Å²) in [5, 5.41) is 20.2. The van der Waals surface area contributed by atoms with Gasteiger partial charge < -0.3 is 14.9 Å². The third-order valence-electron chi connectivity index (χ3n) is 3.61. The molecule has 0 amide bonds. The Labute approximate surface area is 105 Å². The number of ether oxygens (including phenoxy) is 1. The molecule has 0 bridgehead atoms. The van der Waals surface area contributed by atoms with E-state index in [4.69, 9.17) is 4.74 Å². The number of aliphatic hydroxyl groups excluding tert-OH is 1. The average Bonchev–Trinajstić information content (AvgIpc) is 2.68. The van der Waals surface area contributed by atoms with Gasteiger partial charge in [0.1, 0.15) is 17.5 Å². The summed E-state index contributed by atoms with van der Waals surface area (Å²) < 4.78 is 5.63. The summed E-state index contributed by atoms with van der Waals surface area (Å²) >= 11 is 0. The fourth-order valence-corrected chi connectivity index (χ4v) is 2.80. The number of hydrogen-bond acceptors (Lipinski definition) is 4. The Morgan fingerprint density at radius 1 is 1.44 bits per heavy atom. The van der Waals surface area contributed by atoms with Crippen LogP contribution in [0.4, 0.5) is 0 Å². The van der Waals surface area contributed by atoms with E-state index in [0.717, 1.165) is 5.57 Å². The van der Waals surface area contributed by atoms with E-state index in [1.165, 1.54) is 6.07 Å². The first-order chi connectivity index (χ1) is 8.53. The van der Waals surface area contributed by atoms with Crippen molar-refractivity contribution in [3.63, 3.8) is 0 Å². The highest BCUT2D eigenvalue weighted by atomic mass is 16.5. The van der Waals surface area contributed by atoms with Crippen LogP contribution in [0, 0.1) is 0 Å². The number of ketones is 1. The molecule has 0 fully saturated rings. The number of fused-ring (bicyclic) bond motifs is 1. The van der Waals surface area contributed by atoms with Gasteiger partial charge in [-0.3, -0.25) is 4.79 Å². The number of phenolic OH excluding ortho intramolecular Hbond substituents is 1. The average molecular weight is 246 g/mol. The molecular weight excluding hydrogens is 232 g/mol. The molecule has 0 aromatic heterocycles. The smallest absolute Gasteiger partial charge is 0.170 e. The minimum atomic E-state index is -0.956. The minimum Gasteiger partial charge on any atom is -0.507 e. The first-order valence-electron chi connectivity index (χ1n) is 5.89. The van der Waals surface area contributed by atoms with Gasteiger partial charge in [0.2, 0.25) is 0 Å². The number of rotatable bonds is 0. The number of aromatic hydroxyl groups is 1. The number of phenols is 1. The van der Waals surface area contributed by atoms with E-state index in [9.17, 15) is 15.0 Å². The Hall–Kier alpha value is -1.65. The second-order valence-electron chi connectivity index (χ2n) is 4.98. The van der Waals surface area contributed by atoms with Gasteiger partial charge >= 0.3 is 0 Å². The molecule has 4 heteroatoms. The monoisotopic (exact) mass is 246 g/mol. The SMILES string of the molecule is CC1=C[C@]2(CC(=O)c3c(O)cccc3[C@H]2O)OC1. The molecule has 1 spiro atoms. The molecule has 1 aromatic rings. The molecule has 1 heterocycles. The van der Waals surface area contributed by atoms with Crippen molar-refractivity contribution in [3.8, 4) is 5.75 Å². The molecule has 1 aromatic carbocycles. The van der Waals surface area contributed by atoms with Crippen LogP contribution in [0.5, 0.6) is 5.75 Å². The van der Waals surface area contributed by atoms with E-state index in [-0.39, 0.29) is 23.5 Å². The predicted molar refractivity (Wildman–Crippen MR) is 64.5 cm³/mol. The third-order valence-corrected chi connectivity index (χ3v) is 3.61. The van der Waals surface area contributed by atoms with Crippen molar-refractivity contribution in [2.45, 2.75) is 25.0 Å². The van der Waals surface area contributed by atoms with Gasteiger partial charge in [0.25, 0.3) is 0 Å². The molecule has 1 aliphatic carbocycles. The standard InChI is InChI=1S/C14H14O4/c1-8-5-14(18-7-8)6-11(16)12-9(13(14)17)3-2-4-10(12)15/h2-5,13,15,17H,6-7H2,1H3/t13-,14-/m1/s1. The second-order valence-corrected chi connectivity index (χ2v) is 4.98. The molecule has 0 unspecified atom stereocenters. The summed E-state index contributed by atoms with van der Waals surface area (Å²) in [5.41, 5.74) is 0.710. The number of carbonyl (C=O) groups is 1. The van der Waals surface area contributed by atoms with Crippen LogP contribution in [0.2, 0.25) is 0 Å². The van der Waals surface area contributed by atoms with E-state index >= 15 is 0 Å². The second kappa shape index (κ2) is 3.67. The fourth-order valence-electron chi connectivity index (χ4n) is 2.80. The van der Waals surface area contributed by atoms with Gasteiger partial charge in [-0.15, -0.1) is 0 Å². The first-order valence-corrected chi connectivity index (χ1v) is 5.89. The molecule has 3 rings (SSSR count). The summed E-state index contributed by atoms with van der Waals surface area (Å²) in [6.45, 7) is 2.34. The molecular formula is C14H14O4. The van der Waals surface area contributed by atoms with Gasteiger partial charge in [-0.25, -0.2) is 0 Å². The highest BCUT2D eigenvalue weighted by Crippen LogP contribution is 2.46. The van der Waals surface area contributed by atoms with Gasteiger partial charge in [-0.2, -0.15) is 0 Å². The van der Waals surface area contributed by atoms with Crippen LogP contribution in [0.15, 0.2) is 29.8 Å². The Bertz CT molecular complexity index is 561. The zero-order valence-electron chi connectivity index (χ0n) is 10.0. The largest absolute Gasteiger partial charge is 0.507 e. The molecule has 4 nitrogen and oxygen atoms in total. The van der Waals surface area contributed by atoms with Crippen molar-refractivity contribution in [3.05, 3.63) is 41.0 Å². The Balaban J connectivity index is 2.16. The number of benzene rings is 1. The lowest BCUT2D eigenvalue weighted by molar-refractivity contribution is -0.0766. The molecule has 2 aliphatic rings. The van der Waals surface area contributed by atoms with Crippen LogP contribution < -0.4 is 0 Å². The normalized spacial score (nSPS) is 30.4. The molecule has 1 aliphatic heterocycles. The summed E-state index contributed by atoms with van der Waals surface area (Å²) in [6.07, 6.45) is 0.966. The van der Waals surface area contributed by atoms with Crippen molar-refractivity contribution < 1.29 is 19.7 Å². The fraction of sp³-hybridized carbons (Fsp3) is 0.357. The molecule has 0 saturated heterocycles. The maximum atomic E-state index is 12.1. The zero-order chi connectivity index (χ0) is 12.9. The highest BCUT2D eigenvalue weighted by molar-refractivity contribution is 6.02. The maximum absolute atomic E-state index is 12.1. The molecule has 2 N–H and O–H groups in total. The van der Waals surface area contributed by atoms with E-state index in [2.05, 4.69) is 0 Å². The number of carbonyl (C=O) groups excluding carboxylic acids is 1. The lowest BCUT2D eigenvalue weighted by Crippen LogP contribution is -2.41. The maximum Gasteiger partial charge on any atom is 0.170 e. The van der Waals surface area contributed by atoms with Crippen LogP contribution in [0.3, 0.4) is 0 Å². The predicted octanol–water partition coefficient (Wildman–Crippen LogP) is 1.73. The Morgan fingerprint density at radius 3 is 2.89 bits per heavy atom. The number of hydrogen-bond donors (Lipinski definition) is 2. The lowest BCUT2D eigenvalue weighted by atomic mass is 9.77. The van der Waals surface area contributed by atoms with Crippen LogP contribution in [-0.4, -0.2) is 28.2 Å². The highest BCUT2D eigenvalue weighted by Gasteiger charge is 2.48. The van der Waals surface area contributed by atoms with Crippen LogP contribution in [-0.2, 0) is 4.74 Å². The van der Waals surface area contributed by atoms with Crippen molar-refractivity contribution in [2.75, 3.05) is 6.61 Å².